The molecule has 1 aliphatic carbocycles. The minimum atomic E-state index is -0.215. The van der Waals surface area contributed by atoms with Crippen molar-refractivity contribution in [3.63, 3.8) is 0 Å². The fraction of sp³-hybridized carbons (Fsp3) is 0.321. The highest BCUT2D eigenvalue weighted by molar-refractivity contribution is 7.19. The van der Waals surface area contributed by atoms with Crippen molar-refractivity contribution in [1.29, 1.82) is 0 Å². The molecule has 2 amide bonds. The predicted octanol–water partition coefficient (Wildman–Crippen LogP) is 4.70. The molecule has 196 valence electrons. The summed E-state index contributed by atoms with van der Waals surface area (Å²) in [5.74, 6) is 0.510. The number of nitrogens with zero attached hydrogens (tertiary/aromatic N) is 5. The number of carbonyl (C=O) groups excluding carboxylic acids is 2. The quantitative estimate of drug-likeness (QED) is 0.360. The Morgan fingerprint density at radius 3 is 2.63 bits per heavy atom. The van der Waals surface area contributed by atoms with Crippen molar-refractivity contribution in [3.8, 4) is 27.5 Å². The van der Waals surface area contributed by atoms with Crippen LogP contribution >= 0.6 is 11.3 Å². The van der Waals surface area contributed by atoms with Crippen LogP contribution in [0.15, 0.2) is 42.6 Å². The lowest BCUT2D eigenvalue weighted by molar-refractivity contribution is -0.130. The fourth-order valence-corrected chi connectivity index (χ4v) is 5.71. The van der Waals surface area contributed by atoms with Gasteiger partial charge in [-0.3, -0.25) is 9.59 Å². The summed E-state index contributed by atoms with van der Waals surface area (Å²) in [5, 5.41) is 11.7. The van der Waals surface area contributed by atoms with Gasteiger partial charge in [-0.15, -0.1) is 0 Å². The molecule has 1 aromatic carbocycles. The van der Waals surface area contributed by atoms with Crippen molar-refractivity contribution in [1.82, 2.24) is 24.6 Å². The number of pyridine rings is 1. The molecule has 9 nitrogen and oxygen atoms in total. The minimum absolute atomic E-state index is 0.0772. The van der Waals surface area contributed by atoms with E-state index < -0.39 is 0 Å². The molecule has 0 aliphatic heterocycles. The van der Waals surface area contributed by atoms with E-state index in [0.29, 0.717) is 5.13 Å². The number of carbonyl (C=O) groups is 2. The van der Waals surface area contributed by atoms with Gasteiger partial charge in [-0.1, -0.05) is 29.5 Å². The molecule has 1 aliphatic rings. The van der Waals surface area contributed by atoms with E-state index in [2.05, 4.69) is 34.7 Å². The highest BCUT2D eigenvalue weighted by Crippen LogP contribution is 2.43. The van der Waals surface area contributed by atoms with Gasteiger partial charge in [-0.25, -0.2) is 14.6 Å². The van der Waals surface area contributed by atoms with Gasteiger partial charge in [0.15, 0.2) is 5.13 Å². The number of nitrogens with one attached hydrogen (secondary N) is 2. The van der Waals surface area contributed by atoms with Crippen LogP contribution in [-0.4, -0.2) is 57.6 Å². The lowest BCUT2D eigenvalue weighted by Crippen LogP contribution is -2.23. The van der Waals surface area contributed by atoms with Crippen LogP contribution in [0.5, 0.6) is 0 Å². The van der Waals surface area contributed by atoms with Gasteiger partial charge < -0.3 is 15.5 Å². The van der Waals surface area contributed by atoms with E-state index in [-0.39, 0.29) is 24.7 Å². The Balaban J connectivity index is 1.57. The summed E-state index contributed by atoms with van der Waals surface area (Å²) in [5.41, 5.74) is 7.11. The number of amides is 2. The van der Waals surface area contributed by atoms with Gasteiger partial charge in [0.05, 0.1) is 27.6 Å². The second-order valence-electron chi connectivity index (χ2n) is 9.54. The first-order valence-electron chi connectivity index (χ1n) is 12.7. The first kappa shape index (κ1) is 25.6. The van der Waals surface area contributed by atoms with Crippen LogP contribution in [-0.2, 0) is 22.4 Å². The van der Waals surface area contributed by atoms with Gasteiger partial charge in [0.1, 0.15) is 5.82 Å². The van der Waals surface area contributed by atoms with Crippen LogP contribution in [0.3, 0.4) is 0 Å². The smallest absolute Gasteiger partial charge is 0.226 e. The third-order valence-corrected chi connectivity index (χ3v) is 7.70. The van der Waals surface area contributed by atoms with E-state index >= 15 is 0 Å². The first-order chi connectivity index (χ1) is 18.4. The molecule has 0 bridgehead atoms. The first-order valence-corrected chi connectivity index (χ1v) is 13.5. The zero-order chi connectivity index (χ0) is 26.8. The molecule has 0 radical (unpaired) electrons. The summed E-state index contributed by atoms with van der Waals surface area (Å²) in [7, 11) is 5.22. The molecule has 3 aromatic heterocycles. The number of anilines is 2. The lowest BCUT2D eigenvalue weighted by atomic mass is 10.0. The Hall–Kier alpha value is -4.05. The highest BCUT2D eigenvalue weighted by Gasteiger charge is 2.29. The van der Waals surface area contributed by atoms with Crippen LogP contribution in [0, 0.1) is 6.92 Å². The zero-order valence-electron chi connectivity index (χ0n) is 22.0. The maximum atomic E-state index is 12.6. The van der Waals surface area contributed by atoms with E-state index in [4.69, 9.17) is 10.1 Å². The van der Waals surface area contributed by atoms with E-state index in [0.717, 1.165) is 69.4 Å². The van der Waals surface area contributed by atoms with Crippen molar-refractivity contribution in [3.05, 3.63) is 59.4 Å². The van der Waals surface area contributed by atoms with Crippen LogP contribution in [0.1, 0.15) is 36.1 Å². The van der Waals surface area contributed by atoms with Gasteiger partial charge in [0.2, 0.25) is 11.8 Å². The number of aromatic nitrogens is 4. The molecular weight excluding hydrogens is 498 g/mol. The SMILES string of the molecule is CNc1ccc(-c2nn(-c3ccccc3C)c3c2CCCc2nc(NC(=O)CCC(=O)N(C)C)sc2-3)cn1. The molecule has 5 rings (SSSR count). The maximum absolute atomic E-state index is 12.6. The Morgan fingerprint density at radius 2 is 1.92 bits per heavy atom. The molecule has 2 N–H and O–H groups in total. The largest absolute Gasteiger partial charge is 0.373 e. The Bertz CT molecular complexity index is 1490. The second-order valence-corrected chi connectivity index (χ2v) is 10.5. The number of thiazole rings is 1. The normalized spacial score (nSPS) is 12.3. The molecule has 38 heavy (non-hydrogen) atoms. The monoisotopic (exact) mass is 529 g/mol. The van der Waals surface area contributed by atoms with Gasteiger partial charge in [-0.05, 0) is 49.9 Å². The number of benzene rings is 1. The Morgan fingerprint density at radius 1 is 1.11 bits per heavy atom. The van der Waals surface area contributed by atoms with E-state index in [1.807, 2.05) is 42.2 Å². The summed E-state index contributed by atoms with van der Waals surface area (Å²) >= 11 is 1.46. The highest BCUT2D eigenvalue weighted by atomic mass is 32.1. The van der Waals surface area contributed by atoms with Crippen LogP contribution in [0.25, 0.3) is 27.5 Å². The molecule has 0 spiro atoms. The standard InChI is InChI=1S/C28H31N7O2S/c1-17-8-5-6-11-21(17)35-26-19(25(33-35)18-12-13-22(29-2)30-16-18)9-7-10-20-27(26)38-28(31-20)32-23(36)14-15-24(37)34(3)4/h5-6,8,11-13,16H,7,9-10,14-15H2,1-4H3,(H,29,30)(H,31,32,36). The number of hydrogen-bond acceptors (Lipinski definition) is 7. The molecule has 0 fully saturated rings. The molecule has 0 atom stereocenters. The topological polar surface area (TPSA) is 105 Å². The summed E-state index contributed by atoms with van der Waals surface area (Å²) in [6.07, 6.45) is 4.73. The average molecular weight is 530 g/mol. The number of fused-ring (bicyclic) bond motifs is 3. The number of para-hydroxylation sites is 1. The number of aryl methyl sites for hydroxylation is 2. The van der Waals surface area contributed by atoms with Crippen molar-refractivity contribution in [2.45, 2.75) is 39.0 Å². The zero-order valence-corrected chi connectivity index (χ0v) is 22.9. The lowest BCUT2D eigenvalue weighted by Gasteiger charge is -2.10. The van der Waals surface area contributed by atoms with Gasteiger partial charge in [-0.2, -0.15) is 5.10 Å². The third kappa shape index (κ3) is 5.04. The van der Waals surface area contributed by atoms with E-state index in [1.165, 1.54) is 16.2 Å². The number of hydrogen-bond donors (Lipinski definition) is 2. The molecule has 0 unspecified atom stereocenters. The second kappa shape index (κ2) is 10.7. The third-order valence-electron chi connectivity index (χ3n) is 6.68. The Labute approximate surface area is 225 Å². The van der Waals surface area contributed by atoms with Crippen molar-refractivity contribution in [2.75, 3.05) is 31.8 Å². The van der Waals surface area contributed by atoms with Crippen molar-refractivity contribution in [2.24, 2.45) is 0 Å². The van der Waals surface area contributed by atoms with Crippen molar-refractivity contribution < 1.29 is 9.59 Å². The summed E-state index contributed by atoms with van der Waals surface area (Å²) in [4.78, 5) is 36.3. The molecule has 3 heterocycles. The van der Waals surface area contributed by atoms with Gasteiger partial charge in [0, 0.05) is 51.3 Å². The summed E-state index contributed by atoms with van der Waals surface area (Å²) in [6.45, 7) is 2.08. The summed E-state index contributed by atoms with van der Waals surface area (Å²) in [6, 6.07) is 12.2. The van der Waals surface area contributed by atoms with Crippen molar-refractivity contribution >= 4 is 34.1 Å². The van der Waals surface area contributed by atoms with Crippen LogP contribution in [0.2, 0.25) is 0 Å². The molecule has 0 saturated heterocycles. The van der Waals surface area contributed by atoms with E-state index in [9.17, 15) is 9.59 Å². The predicted molar refractivity (Wildman–Crippen MR) is 151 cm³/mol. The molecule has 4 aromatic rings. The van der Waals surface area contributed by atoms with Crippen LogP contribution in [0.4, 0.5) is 10.9 Å². The average Bonchev–Trinajstić information content (AvgIpc) is 3.43. The number of rotatable bonds is 7. The van der Waals surface area contributed by atoms with Gasteiger partial charge >= 0.3 is 0 Å². The minimum Gasteiger partial charge on any atom is -0.373 e. The fourth-order valence-electron chi connectivity index (χ4n) is 4.63. The molecular formula is C28H31N7O2S. The maximum Gasteiger partial charge on any atom is 0.226 e. The molecule has 0 saturated carbocycles. The Kier molecular flexibility index (Phi) is 7.24. The van der Waals surface area contributed by atoms with Crippen LogP contribution < -0.4 is 10.6 Å². The molecule has 10 heteroatoms. The van der Waals surface area contributed by atoms with E-state index in [1.54, 1.807) is 14.1 Å². The van der Waals surface area contributed by atoms with Gasteiger partial charge in [0.25, 0.3) is 0 Å². The summed E-state index contributed by atoms with van der Waals surface area (Å²) < 4.78 is 2.02.